The first-order valence-corrected chi connectivity index (χ1v) is 5.74. The van der Waals surface area contributed by atoms with Crippen molar-refractivity contribution in [2.24, 2.45) is 0 Å². The van der Waals surface area contributed by atoms with Crippen LogP contribution in [0.2, 0.25) is 15.2 Å². The van der Waals surface area contributed by atoms with Crippen LogP contribution < -0.4 is 5.32 Å². The molecule has 2 rings (SSSR count). The van der Waals surface area contributed by atoms with Crippen LogP contribution in [-0.2, 0) is 0 Å². The molecule has 0 spiro atoms. The van der Waals surface area contributed by atoms with E-state index in [-0.39, 0.29) is 16.0 Å². The molecule has 0 unspecified atom stereocenters. The quantitative estimate of drug-likeness (QED) is 0.794. The average Bonchev–Trinajstić information content (AvgIpc) is 2.26. The van der Waals surface area contributed by atoms with Crippen LogP contribution in [0.5, 0.6) is 0 Å². The van der Waals surface area contributed by atoms with E-state index in [1.165, 1.54) is 18.2 Å². The molecule has 1 heterocycles. The van der Waals surface area contributed by atoms with Gasteiger partial charge in [-0.15, -0.1) is 0 Å². The van der Waals surface area contributed by atoms with Gasteiger partial charge in [-0.1, -0.05) is 40.9 Å². The molecule has 0 saturated heterocycles. The Balaban J connectivity index is 2.33. The molecule has 0 amide bonds. The second-order valence-corrected chi connectivity index (χ2v) is 4.40. The zero-order chi connectivity index (χ0) is 12.4. The van der Waals surface area contributed by atoms with Crippen molar-refractivity contribution in [3.63, 3.8) is 0 Å². The fourth-order valence-electron chi connectivity index (χ4n) is 1.23. The van der Waals surface area contributed by atoms with Gasteiger partial charge >= 0.3 is 0 Å². The Kier molecular flexibility index (Phi) is 3.72. The number of nitrogens with zero attached hydrogens (tertiary/aromatic N) is 1. The van der Waals surface area contributed by atoms with Crippen LogP contribution in [0, 0.1) is 5.82 Å². The standard InChI is InChI=1S/C11H6Cl3FN2/c12-8-5-9(13)11(17-10(8)14)16-7-3-1-2-6(15)4-7/h1-5H,(H,16,17). The lowest BCUT2D eigenvalue weighted by Crippen LogP contribution is -1.95. The topological polar surface area (TPSA) is 24.9 Å². The summed E-state index contributed by atoms with van der Waals surface area (Å²) in [5, 5.41) is 3.56. The lowest BCUT2D eigenvalue weighted by molar-refractivity contribution is 0.628. The smallest absolute Gasteiger partial charge is 0.151 e. The Labute approximate surface area is 112 Å². The molecule has 0 fully saturated rings. The van der Waals surface area contributed by atoms with E-state index in [2.05, 4.69) is 10.3 Å². The Hall–Kier alpha value is -1.03. The predicted molar refractivity (Wildman–Crippen MR) is 68.9 cm³/mol. The minimum atomic E-state index is -0.355. The maximum atomic E-state index is 13.0. The van der Waals surface area contributed by atoms with Crippen LogP contribution in [0.25, 0.3) is 0 Å². The Bertz CT molecular complexity index is 560. The highest BCUT2D eigenvalue weighted by Crippen LogP contribution is 2.30. The molecule has 2 aromatic rings. The summed E-state index contributed by atoms with van der Waals surface area (Å²) in [7, 11) is 0. The SMILES string of the molecule is Fc1cccc(Nc2nc(Cl)c(Cl)cc2Cl)c1. The fourth-order valence-corrected chi connectivity index (χ4v) is 1.78. The molecular formula is C11H6Cl3FN2. The maximum absolute atomic E-state index is 13.0. The van der Waals surface area contributed by atoms with Gasteiger partial charge in [0, 0.05) is 5.69 Å². The summed E-state index contributed by atoms with van der Waals surface area (Å²) in [6, 6.07) is 7.39. The molecule has 0 saturated carbocycles. The Morgan fingerprint density at radius 2 is 1.82 bits per heavy atom. The summed E-state index contributed by atoms with van der Waals surface area (Å²) < 4.78 is 13.0. The van der Waals surface area contributed by atoms with Crippen molar-refractivity contribution >= 4 is 46.3 Å². The summed E-state index contributed by atoms with van der Waals surface area (Å²) in [5.41, 5.74) is 0.526. The molecule has 0 aliphatic rings. The predicted octanol–water partition coefficient (Wildman–Crippen LogP) is 4.92. The summed E-state index contributed by atoms with van der Waals surface area (Å²) in [6.07, 6.45) is 0. The van der Waals surface area contributed by atoms with Gasteiger partial charge in [0.2, 0.25) is 0 Å². The van der Waals surface area contributed by atoms with Gasteiger partial charge in [0.05, 0.1) is 10.0 Å². The second kappa shape index (κ2) is 5.08. The Morgan fingerprint density at radius 3 is 2.53 bits per heavy atom. The van der Waals surface area contributed by atoms with E-state index in [4.69, 9.17) is 34.8 Å². The highest BCUT2D eigenvalue weighted by molar-refractivity contribution is 6.42. The van der Waals surface area contributed by atoms with Crippen molar-refractivity contribution in [3.8, 4) is 0 Å². The summed E-state index contributed by atoms with van der Waals surface area (Å²) in [6.45, 7) is 0. The third kappa shape index (κ3) is 3.00. The third-order valence-electron chi connectivity index (χ3n) is 1.97. The number of pyridine rings is 1. The third-order valence-corrected chi connectivity index (χ3v) is 2.94. The van der Waals surface area contributed by atoms with E-state index in [1.807, 2.05) is 0 Å². The van der Waals surface area contributed by atoms with E-state index in [1.54, 1.807) is 12.1 Å². The molecule has 17 heavy (non-hydrogen) atoms. The molecule has 1 aromatic heterocycles. The second-order valence-electron chi connectivity index (χ2n) is 3.23. The highest BCUT2D eigenvalue weighted by atomic mass is 35.5. The molecule has 0 bridgehead atoms. The molecule has 0 aliphatic heterocycles. The van der Waals surface area contributed by atoms with Crippen molar-refractivity contribution in [2.45, 2.75) is 0 Å². The van der Waals surface area contributed by atoms with Gasteiger partial charge in [-0.25, -0.2) is 9.37 Å². The van der Waals surface area contributed by atoms with Crippen LogP contribution in [0.4, 0.5) is 15.9 Å². The first-order chi connectivity index (χ1) is 8.06. The monoisotopic (exact) mass is 290 g/mol. The van der Waals surface area contributed by atoms with Crippen molar-refractivity contribution in [1.29, 1.82) is 0 Å². The molecule has 0 atom stereocenters. The van der Waals surface area contributed by atoms with Crippen molar-refractivity contribution in [1.82, 2.24) is 4.98 Å². The van der Waals surface area contributed by atoms with Crippen LogP contribution >= 0.6 is 34.8 Å². The van der Waals surface area contributed by atoms with Crippen molar-refractivity contribution in [2.75, 3.05) is 5.32 Å². The average molecular weight is 292 g/mol. The minimum Gasteiger partial charge on any atom is -0.339 e. The zero-order valence-corrected chi connectivity index (χ0v) is 10.6. The first-order valence-electron chi connectivity index (χ1n) is 4.60. The number of aromatic nitrogens is 1. The van der Waals surface area contributed by atoms with Crippen LogP contribution in [0.15, 0.2) is 30.3 Å². The minimum absolute atomic E-state index is 0.134. The lowest BCUT2D eigenvalue weighted by Gasteiger charge is -2.08. The summed E-state index contributed by atoms with van der Waals surface area (Å²) in [4.78, 5) is 3.97. The normalized spacial score (nSPS) is 10.4. The molecule has 1 aromatic carbocycles. The van der Waals surface area contributed by atoms with Gasteiger partial charge in [0.15, 0.2) is 5.82 Å². The van der Waals surface area contributed by atoms with Gasteiger partial charge in [-0.2, -0.15) is 0 Å². The number of halogens is 4. The zero-order valence-electron chi connectivity index (χ0n) is 8.35. The van der Waals surface area contributed by atoms with E-state index < -0.39 is 0 Å². The molecule has 1 N–H and O–H groups in total. The number of hydrogen-bond acceptors (Lipinski definition) is 2. The van der Waals surface area contributed by atoms with Gasteiger partial charge in [-0.3, -0.25) is 0 Å². The number of nitrogens with one attached hydrogen (secondary N) is 1. The molecule has 0 aliphatic carbocycles. The van der Waals surface area contributed by atoms with Gasteiger partial charge in [0.25, 0.3) is 0 Å². The molecule has 88 valence electrons. The van der Waals surface area contributed by atoms with Gasteiger partial charge in [-0.05, 0) is 24.3 Å². The molecule has 0 radical (unpaired) electrons. The summed E-state index contributed by atoms with van der Waals surface area (Å²) >= 11 is 17.4. The number of benzene rings is 1. The van der Waals surface area contributed by atoms with Crippen LogP contribution in [-0.4, -0.2) is 4.98 Å². The molecule has 6 heteroatoms. The molecular weight excluding hydrogens is 285 g/mol. The first kappa shape index (κ1) is 12.4. The molecule has 2 nitrogen and oxygen atoms in total. The Morgan fingerprint density at radius 1 is 1.06 bits per heavy atom. The number of rotatable bonds is 2. The fraction of sp³-hybridized carbons (Fsp3) is 0. The van der Waals surface area contributed by atoms with Gasteiger partial charge < -0.3 is 5.32 Å². The van der Waals surface area contributed by atoms with Crippen molar-refractivity contribution in [3.05, 3.63) is 51.3 Å². The van der Waals surface area contributed by atoms with E-state index in [0.717, 1.165) is 0 Å². The van der Waals surface area contributed by atoms with E-state index >= 15 is 0 Å². The van der Waals surface area contributed by atoms with E-state index in [0.29, 0.717) is 16.5 Å². The number of anilines is 2. The lowest BCUT2D eigenvalue weighted by atomic mass is 10.3. The van der Waals surface area contributed by atoms with Crippen LogP contribution in [0.3, 0.4) is 0 Å². The highest BCUT2D eigenvalue weighted by Gasteiger charge is 2.08. The van der Waals surface area contributed by atoms with E-state index in [9.17, 15) is 4.39 Å². The van der Waals surface area contributed by atoms with Crippen molar-refractivity contribution < 1.29 is 4.39 Å². The van der Waals surface area contributed by atoms with Gasteiger partial charge in [0.1, 0.15) is 11.0 Å². The summed E-state index contributed by atoms with van der Waals surface area (Å²) in [5.74, 6) is -0.0298. The number of hydrogen-bond donors (Lipinski definition) is 1. The maximum Gasteiger partial charge on any atom is 0.151 e. The largest absolute Gasteiger partial charge is 0.339 e. The van der Waals surface area contributed by atoms with Crippen LogP contribution in [0.1, 0.15) is 0 Å².